The van der Waals surface area contributed by atoms with Crippen molar-refractivity contribution in [2.24, 2.45) is 0 Å². The van der Waals surface area contributed by atoms with Gasteiger partial charge in [0.2, 0.25) is 0 Å². The molecular weight excluding hydrogens is 482 g/mol. The summed E-state index contributed by atoms with van der Waals surface area (Å²) in [6.07, 6.45) is 23.9. The van der Waals surface area contributed by atoms with Gasteiger partial charge in [-0.3, -0.25) is 0 Å². The molecule has 2 saturated heterocycles. The molecule has 2 atom stereocenters. The summed E-state index contributed by atoms with van der Waals surface area (Å²) in [5, 5.41) is 0. The molecule has 0 aromatic carbocycles. The summed E-state index contributed by atoms with van der Waals surface area (Å²) in [5.41, 5.74) is 0. The maximum Gasteiger partial charge on any atom is 0.501 e. The summed E-state index contributed by atoms with van der Waals surface area (Å²) in [5.74, 6) is 0. The van der Waals surface area contributed by atoms with Crippen LogP contribution in [0.25, 0.3) is 0 Å². The normalized spacial score (nSPS) is 23.3. The average molecular weight is 545 g/mol. The molecule has 0 amide bonds. The van der Waals surface area contributed by atoms with Gasteiger partial charge in [-0.05, 0) is 12.8 Å². The van der Waals surface area contributed by atoms with Crippen molar-refractivity contribution in [1.29, 1.82) is 0 Å². The first kappa shape index (κ1) is 33.2. The van der Waals surface area contributed by atoms with Crippen LogP contribution in [0.3, 0.4) is 0 Å². The fourth-order valence-corrected chi connectivity index (χ4v) is 8.01. The Labute approximate surface area is 231 Å². The maximum absolute atomic E-state index is 6.25. The van der Waals surface area contributed by atoms with Crippen molar-refractivity contribution < 1.29 is 27.2 Å². The third-order valence-corrected chi connectivity index (χ3v) is 10.8. The second kappa shape index (κ2) is 20.8. The lowest BCUT2D eigenvalue weighted by atomic mass is 10.0. The van der Waals surface area contributed by atoms with Gasteiger partial charge in [0.05, 0.1) is 66.8 Å². The Kier molecular flexibility index (Phi) is 18.7. The highest BCUT2D eigenvalue weighted by Gasteiger charge is 2.43. The van der Waals surface area contributed by atoms with Crippen molar-refractivity contribution in [3.05, 3.63) is 0 Å². The van der Waals surface area contributed by atoms with Crippen LogP contribution in [0.2, 0.25) is 6.04 Å². The topological polar surface area (TPSA) is 46.2 Å². The zero-order chi connectivity index (χ0) is 26.5. The summed E-state index contributed by atoms with van der Waals surface area (Å²) in [6.45, 7) is 8.07. The number of hydrogen-bond acceptors (Lipinski definition) is 5. The molecule has 2 unspecified atom stereocenters. The van der Waals surface area contributed by atoms with Crippen LogP contribution < -0.4 is 0 Å². The van der Waals surface area contributed by atoms with Gasteiger partial charge in [-0.2, -0.15) is 0 Å². The van der Waals surface area contributed by atoms with E-state index in [1.807, 2.05) is 0 Å². The Morgan fingerprint density at radius 1 is 0.568 bits per heavy atom. The van der Waals surface area contributed by atoms with Crippen LogP contribution in [-0.2, 0) is 22.8 Å². The Morgan fingerprint density at radius 3 is 1.68 bits per heavy atom. The molecule has 7 heteroatoms. The summed E-state index contributed by atoms with van der Waals surface area (Å²) >= 11 is 0. The molecule has 2 fully saturated rings. The zero-order valence-corrected chi connectivity index (χ0v) is 26.0. The highest BCUT2D eigenvalue weighted by atomic mass is 28.4. The number of quaternary nitrogens is 1. The van der Waals surface area contributed by atoms with E-state index in [1.54, 1.807) is 0 Å². The zero-order valence-electron chi connectivity index (χ0n) is 25.0. The summed E-state index contributed by atoms with van der Waals surface area (Å²) in [7, 11) is 2.10. The molecule has 0 spiro atoms. The molecule has 2 rings (SSSR count). The van der Waals surface area contributed by atoms with Crippen LogP contribution in [-0.4, -0.2) is 86.2 Å². The molecule has 220 valence electrons. The second-order valence-electron chi connectivity index (χ2n) is 12.0. The van der Waals surface area contributed by atoms with Gasteiger partial charge in [0.25, 0.3) is 0 Å². The molecule has 37 heavy (non-hydrogen) atoms. The summed E-state index contributed by atoms with van der Waals surface area (Å²) in [6, 6.07) is 0.889. The molecule has 0 aromatic rings. The van der Waals surface area contributed by atoms with Crippen molar-refractivity contribution >= 4 is 8.80 Å². The number of fused-ring (bicyclic) bond motifs is 3. The van der Waals surface area contributed by atoms with Gasteiger partial charge in [0.1, 0.15) is 6.10 Å². The van der Waals surface area contributed by atoms with Crippen LogP contribution in [0.1, 0.15) is 116 Å². The lowest BCUT2D eigenvalue weighted by Gasteiger charge is -2.34. The Hall–Kier alpha value is -0.0231. The van der Waals surface area contributed by atoms with E-state index in [9.17, 15) is 0 Å². The molecule has 2 aliphatic rings. The maximum atomic E-state index is 6.25. The fourth-order valence-electron chi connectivity index (χ4n) is 5.51. The molecular formula is C30H62NO5Si+. The van der Waals surface area contributed by atoms with Crippen molar-refractivity contribution in [2.45, 2.75) is 128 Å². The summed E-state index contributed by atoms with van der Waals surface area (Å²) in [4.78, 5) is 0. The first-order valence-electron chi connectivity index (χ1n) is 16.0. The number of ether oxygens (including phenoxy) is 2. The molecule has 0 saturated carbocycles. The summed E-state index contributed by atoms with van der Waals surface area (Å²) < 4.78 is 31.1. The van der Waals surface area contributed by atoms with Crippen molar-refractivity contribution in [3.63, 3.8) is 0 Å². The van der Waals surface area contributed by atoms with Gasteiger partial charge in [-0.1, -0.05) is 96.8 Å². The third kappa shape index (κ3) is 16.6. The third-order valence-electron chi connectivity index (χ3n) is 7.96. The van der Waals surface area contributed by atoms with E-state index in [4.69, 9.17) is 22.8 Å². The van der Waals surface area contributed by atoms with E-state index in [0.29, 0.717) is 39.6 Å². The number of hydrogen-bond donors (Lipinski definition) is 0. The van der Waals surface area contributed by atoms with Crippen LogP contribution in [0.5, 0.6) is 0 Å². The van der Waals surface area contributed by atoms with Crippen LogP contribution in [0.4, 0.5) is 0 Å². The Morgan fingerprint density at radius 2 is 1.08 bits per heavy atom. The smallest absolute Gasteiger partial charge is 0.376 e. The average Bonchev–Trinajstić information content (AvgIpc) is 2.93. The van der Waals surface area contributed by atoms with Crippen LogP contribution in [0.15, 0.2) is 0 Å². The van der Waals surface area contributed by atoms with Crippen molar-refractivity contribution in [1.82, 2.24) is 0 Å². The monoisotopic (exact) mass is 544 g/mol. The number of rotatable bonds is 21. The van der Waals surface area contributed by atoms with Gasteiger partial charge in [-0.15, -0.1) is 0 Å². The van der Waals surface area contributed by atoms with Gasteiger partial charge in [0.15, 0.2) is 0 Å². The highest BCUT2D eigenvalue weighted by Crippen LogP contribution is 2.23. The predicted octanol–water partition coefficient (Wildman–Crippen LogP) is 7.13. The van der Waals surface area contributed by atoms with Crippen molar-refractivity contribution in [2.75, 3.05) is 66.8 Å². The molecule has 2 bridgehead atoms. The van der Waals surface area contributed by atoms with E-state index in [2.05, 4.69) is 21.0 Å². The van der Waals surface area contributed by atoms with Crippen LogP contribution >= 0.6 is 0 Å². The van der Waals surface area contributed by atoms with Crippen LogP contribution in [0, 0.1) is 0 Å². The molecule has 6 nitrogen and oxygen atoms in total. The minimum atomic E-state index is -2.63. The van der Waals surface area contributed by atoms with Gasteiger partial charge in [-0.25, -0.2) is 0 Å². The number of nitrogens with zero attached hydrogens (tertiary/aromatic N) is 1. The van der Waals surface area contributed by atoms with E-state index in [0.717, 1.165) is 23.5 Å². The fraction of sp³-hybridized carbons (Fsp3) is 1.00. The van der Waals surface area contributed by atoms with E-state index in [-0.39, 0.29) is 6.10 Å². The molecule has 2 aliphatic heterocycles. The Bertz CT molecular complexity index is 538. The first-order valence-corrected chi connectivity index (χ1v) is 17.9. The predicted molar refractivity (Wildman–Crippen MR) is 155 cm³/mol. The van der Waals surface area contributed by atoms with Gasteiger partial charge < -0.3 is 27.2 Å². The minimum Gasteiger partial charge on any atom is -0.376 e. The van der Waals surface area contributed by atoms with E-state index >= 15 is 0 Å². The molecule has 2 heterocycles. The quantitative estimate of drug-likeness (QED) is 0.0873. The SMILES string of the molecule is CCCCCCCCCCCCCCCCCC[N+](C)(C)CCC[Si]12OCCOCC(CO1)OCCO2. The van der Waals surface area contributed by atoms with Crippen molar-refractivity contribution in [3.8, 4) is 0 Å². The first-order chi connectivity index (χ1) is 18.1. The lowest BCUT2D eigenvalue weighted by molar-refractivity contribution is -0.890. The lowest BCUT2D eigenvalue weighted by Crippen LogP contribution is -2.51. The van der Waals surface area contributed by atoms with Gasteiger partial charge in [0, 0.05) is 12.5 Å². The molecule has 0 radical (unpaired) electrons. The molecule has 0 aliphatic carbocycles. The number of unbranched alkanes of at least 4 members (excludes halogenated alkanes) is 15. The standard InChI is InChI=1S/C30H62NO5Si/c1-4-5-6-7-8-9-10-11-12-13-14-15-16-17-18-19-21-31(2,3)22-20-27-37-34-25-23-32-28-30(29-36-37)33-24-26-35-37/h30H,4-29H2,1-3H3/q+1. The highest BCUT2D eigenvalue weighted by molar-refractivity contribution is 6.60. The van der Waals surface area contributed by atoms with Gasteiger partial charge >= 0.3 is 8.80 Å². The molecule has 0 aromatic heterocycles. The Balaban J connectivity index is 1.44. The van der Waals surface area contributed by atoms with E-state index in [1.165, 1.54) is 109 Å². The second-order valence-corrected chi connectivity index (χ2v) is 14.8. The van der Waals surface area contributed by atoms with E-state index < -0.39 is 8.80 Å². The molecule has 0 N–H and O–H groups in total. The largest absolute Gasteiger partial charge is 0.501 e. The minimum absolute atomic E-state index is 0.000369.